The zero-order valence-electron chi connectivity index (χ0n) is 11.6. The molecule has 0 radical (unpaired) electrons. The highest BCUT2D eigenvalue weighted by Crippen LogP contribution is 2.26. The van der Waals surface area contributed by atoms with Gasteiger partial charge >= 0.3 is 5.97 Å². The summed E-state index contributed by atoms with van der Waals surface area (Å²) in [5, 5.41) is 12.7. The Labute approximate surface area is 110 Å². The largest absolute Gasteiger partial charge is 0.480 e. The van der Waals surface area contributed by atoms with Gasteiger partial charge in [0, 0.05) is 19.1 Å². The van der Waals surface area contributed by atoms with E-state index in [1.54, 1.807) is 0 Å². The van der Waals surface area contributed by atoms with Crippen molar-refractivity contribution in [1.29, 1.82) is 0 Å². The number of rotatable bonds is 7. The first kappa shape index (κ1) is 13.8. The summed E-state index contributed by atoms with van der Waals surface area (Å²) < 4.78 is 0. The Morgan fingerprint density at radius 2 is 2.17 bits per heavy atom. The molecular formula is C14H26N2O2. The summed E-state index contributed by atoms with van der Waals surface area (Å²) in [6.45, 7) is 6.82. The molecule has 2 N–H and O–H groups in total. The first-order valence-electron chi connectivity index (χ1n) is 7.27. The van der Waals surface area contributed by atoms with Crippen LogP contribution < -0.4 is 5.32 Å². The highest BCUT2D eigenvalue weighted by Gasteiger charge is 2.40. The number of nitrogens with one attached hydrogen (secondary N) is 1. The molecule has 0 aromatic carbocycles. The third-order valence-corrected chi connectivity index (χ3v) is 4.18. The van der Waals surface area contributed by atoms with Crippen LogP contribution in [0, 0.1) is 5.92 Å². The Morgan fingerprint density at radius 3 is 2.72 bits per heavy atom. The fourth-order valence-electron chi connectivity index (χ4n) is 3.00. The quantitative estimate of drug-likeness (QED) is 0.726. The molecule has 2 fully saturated rings. The molecule has 0 amide bonds. The average molecular weight is 254 g/mol. The minimum atomic E-state index is -0.776. The normalized spacial score (nSPS) is 28.2. The predicted octanol–water partition coefficient (Wildman–Crippen LogP) is 1.70. The van der Waals surface area contributed by atoms with Crippen molar-refractivity contribution >= 4 is 5.97 Å². The molecule has 1 aliphatic heterocycles. The fourth-order valence-corrected chi connectivity index (χ4v) is 3.00. The molecule has 4 heteroatoms. The van der Waals surface area contributed by atoms with E-state index in [0.29, 0.717) is 12.6 Å². The predicted molar refractivity (Wildman–Crippen MR) is 71.7 cm³/mol. The van der Waals surface area contributed by atoms with E-state index >= 15 is 0 Å². The van der Waals surface area contributed by atoms with Crippen molar-refractivity contribution in [2.24, 2.45) is 5.92 Å². The number of carboxylic acid groups (broad SMARTS) is 1. The Bertz CT molecular complexity index is 304. The van der Waals surface area contributed by atoms with E-state index < -0.39 is 11.5 Å². The van der Waals surface area contributed by atoms with Crippen LogP contribution in [-0.2, 0) is 4.79 Å². The van der Waals surface area contributed by atoms with Crippen LogP contribution in [0.4, 0.5) is 0 Å². The van der Waals surface area contributed by atoms with Gasteiger partial charge in [0.1, 0.15) is 5.54 Å². The summed E-state index contributed by atoms with van der Waals surface area (Å²) >= 11 is 0. The first-order chi connectivity index (χ1) is 8.53. The molecule has 104 valence electrons. The molecule has 2 aliphatic rings. The van der Waals surface area contributed by atoms with Crippen LogP contribution in [0.3, 0.4) is 0 Å². The molecule has 1 saturated carbocycles. The van der Waals surface area contributed by atoms with Gasteiger partial charge < -0.3 is 10.0 Å². The molecule has 4 nitrogen and oxygen atoms in total. The summed E-state index contributed by atoms with van der Waals surface area (Å²) in [5.74, 6) is 0.0577. The number of nitrogens with zero attached hydrogens (tertiary/aromatic N) is 1. The lowest BCUT2D eigenvalue weighted by atomic mass is 10.0. The van der Waals surface area contributed by atoms with Crippen LogP contribution in [0.5, 0.6) is 0 Å². The lowest BCUT2D eigenvalue weighted by molar-refractivity contribution is -0.145. The van der Waals surface area contributed by atoms with E-state index in [9.17, 15) is 9.90 Å². The van der Waals surface area contributed by atoms with Gasteiger partial charge in [-0.15, -0.1) is 0 Å². The van der Waals surface area contributed by atoms with Crippen molar-refractivity contribution in [2.75, 3.05) is 19.6 Å². The second-order valence-corrected chi connectivity index (χ2v) is 6.23. The van der Waals surface area contributed by atoms with Crippen molar-refractivity contribution in [3.8, 4) is 0 Å². The van der Waals surface area contributed by atoms with Gasteiger partial charge in [-0.05, 0) is 45.1 Å². The molecule has 0 aromatic rings. The van der Waals surface area contributed by atoms with E-state index in [2.05, 4.69) is 17.1 Å². The zero-order valence-corrected chi connectivity index (χ0v) is 11.6. The van der Waals surface area contributed by atoms with Crippen molar-refractivity contribution in [3.63, 3.8) is 0 Å². The van der Waals surface area contributed by atoms with E-state index in [4.69, 9.17) is 0 Å². The Morgan fingerprint density at radius 1 is 1.44 bits per heavy atom. The Balaban J connectivity index is 1.87. The maximum absolute atomic E-state index is 11.5. The molecule has 0 spiro atoms. The number of hydrogen-bond acceptors (Lipinski definition) is 3. The van der Waals surface area contributed by atoms with Gasteiger partial charge in [-0.25, -0.2) is 0 Å². The third kappa shape index (κ3) is 3.45. The summed E-state index contributed by atoms with van der Waals surface area (Å²) in [7, 11) is 0. The number of hydrogen-bond donors (Lipinski definition) is 2. The Hall–Kier alpha value is -0.610. The lowest BCUT2D eigenvalue weighted by Gasteiger charge is -2.31. The second-order valence-electron chi connectivity index (χ2n) is 6.23. The van der Waals surface area contributed by atoms with Gasteiger partial charge in [0.25, 0.3) is 0 Å². The van der Waals surface area contributed by atoms with Crippen LogP contribution >= 0.6 is 0 Å². The summed E-state index contributed by atoms with van der Waals surface area (Å²) in [6, 6.07) is 0.431. The monoisotopic (exact) mass is 254 g/mol. The van der Waals surface area contributed by atoms with Gasteiger partial charge in [0.2, 0.25) is 0 Å². The molecule has 18 heavy (non-hydrogen) atoms. The summed E-state index contributed by atoms with van der Waals surface area (Å²) in [5.41, 5.74) is -0.776. The third-order valence-electron chi connectivity index (χ3n) is 4.18. The smallest absolute Gasteiger partial charge is 0.324 e. The molecule has 2 rings (SSSR count). The number of carbonyl (C=O) groups is 1. The number of likely N-dealkylation sites (tertiary alicyclic amines) is 1. The maximum atomic E-state index is 11.5. The van der Waals surface area contributed by atoms with E-state index in [1.165, 1.54) is 19.3 Å². The molecule has 0 aromatic heterocycles. The average Bonchev–Trinajstić information content (AvgIpc) is 2.99. The minimum absolute atomic E-state index is 0.431. The Kier molecular flexibility index (Phi) is 4.28. The van der Waals surface area contributed by atoms with Gasteiger partial charge in [0.05, 0.1) is 0 Å². The highest BCUT2D eigenvalue weighted by atomic mass is 16.4. The van der Waals surface area contributed by atoms with Crippen LogP contribution in [-0.4, -0.2) is 47.2 Å². The number of carboxylic acids is 1. The minimum Gasteiger partial charge on any atom is -0.480 e. The van der Waals surface area contributed by atoms with Crippen molar-refractivity contribution in [2.45, 2.75) is 57.5 Å². The summed E-state index contributed by atoms with van der Waals surface area (Å²) in [4.78, 5) is 13.8. The topological polar surface area (TPSA) is 52.6 Å². The summed E-state index contributed by atoms with van der Waals surface area (Å²) in [6.07, 6.45) is 5.99. The molecule has 0 bridgehead atoms. The standard InChI is InChI=1S/C14H26N2O2/c1-3-4-11-7-8-16(9-11)10-14(2,13(17)18)15-12-5-6-12/h11-12,15H,3-10H2,1-2H3,(H,17,18). The molecule has 1 saturated heterocycles. The van der Waals surface area contributed by atoms with Gasteiger partial charge in [-0.2, -0.15) is 0 Å². The van der Waals surface area contributed by atoms with Crippen molar-refractivity contribution < 1.29 is 9.90 Å². The van der Waals surface area contributed by atoms with Gasteiger partial charge in [-0.1, -0.05) is 13.3 Å². The van der Waals surface area contributed by atoms with Crippen LogP contribution in [0.25, 0.3) is 0 Å². The SMILES string of the molecule is CCCC1CCN(CC(C)(NC2CC2)C(=O)O)C1. The van der Waals surface area contributed by atoms with E-state index in [1.807, 2.05) is 6.92 Å². The van der Waals surface area contributed by atoms with E-state index in [-0.39, 0.29) is 0 Å². The highest BCUT2D eigenvalue weighted by molar-refractivity contribution is 5.78. The van der Waals surface area contributed by atoms with E-state index in [0.717, 1.165) is 31.8 Å². The molecule has 1 aliphatic carbocycles. The van der Waals surface area contributed by atoms with Crippen LogP contribution in [0.15, 0.2) is 0 Å². The lowest BCUT2D eigenvalue weighted by Crippen LogP contribution is -2.57. The van der Waals surface area contributed by atoms with Crippen molar-refractivity contribution in [1.82, 2.24) is 10.2 Å². The number of aliphatic carboxylic acids is 1. The van der Waals surface area contributed by atoms with Gasteiger partial charge in [0.15, 0.2) is 0 Å². The zero-order chi connectivity index (χ0) is 13.2. The maximum Gasteiger partial charge on any atom is 0.324 e. The van der Waals surface area contributed by atoms with Crippen molar-refractivity contribution in [3.05, 3.63) is 0 Å². The molecule has 2 unspecified atom stereocenters. The first-order valence-corrected chi connectivity index (χ1v) is 7.27. The molecular weight excluding hydrogens is 228 g/mol. The van der Waals surface area contributed by atoms with Crippen LogP contribution in [0.1, 0.15) is 46.0 Å². The fraction of sp³-hybridized carbons (Fsp3) is 0.929. The van der Waals surface area contributed by atoms with Gasteiger partial charge in [-0.3, -0.25) is 10.1 Å². The second kappa shape index (κ2) is 5.57. The van der Waals surface area contributed by atoms with Crippen LogP contribution in [0.2, 0.25) is 0 Å². The molecule has 1 heterocycles. The molecule has 2 atom stereocenters.